The normalized spacial score (nSPS) is 11.4. The molecule has 0 saturated carbocycles. The smallest absolute Gasteiger partial charge is 0.416 e. The molecule has 7 heteroatoms. The Hall–Kier alpha value is -2.15. The van der Waals surface area contributed by atoms with E-state index < -0.39 is 11.7 Å². The zero-order valence-electron chi connectivity index (χ0n) is 11.3. The molecule has 0 fully saturated rings. The van der Waals surface area contributed by atoms with E-state index in [0.717, 1.165) is 24.4 Å². The molecular weight excluding hydrogens is 283 g/mol. The Morgan fingerprint density at radius 2 is 1.76 bits per heavy atom. The summed E-state index contributed by atoms with van der Waals surface area (Å²) in [5.41, 5.74) is 0.0403. The summed E-state index contributed by atoms with van der Waals surface area (Å²) in [4.78, 5) is 0. The molecule has 4 nitrogen and oxygen atoms in total. The van der Waals surface area contributed by atoms with Crippen LogP contribution >= 0.6 is 0 Å². The second kappa shape index (κ2) is 6.53. The van der Waals surface area contributed by atoms with Gasteiger partial charge < -0.3 is 10.1 Å². The zero-order valence-corrected chi connectivity index (χ0v) is 11.3. The van der Waals surface area contributed by atoms with Gasteiger partial charge in [0.25, 0.3) is 0 Å². The number of benzene rings is 1. The van der Waals surface area contributed by atoms with Crippen molar-refractivity contribution in [2.45, 2.75) is 19.6 Å². The van der Waals surface area contributed by atoms with E-state index in [1.54, 1.807) is 12.1 Å². The molecule has 0 aliphatic rings. The van der Waals surface area contributed by atoms with E-state index >= 15 is 0 Å². The highest BCUT2D eigenvalue weighted by atomic mass is 19.4. The molecule has 112 valence electrons. The van der Waals surface area contributed by atoms with Gasteiger partial charge in [0.1, 0.15) is 5.75 Å². The van der Waals surface area contributed by atoms with Gasteiger partial charge in [0.05, 0.1) is 11.3 Å². The van der Waals surface area contributed by atoms with Gasteiger partial charge in [-0.3, -0.25) is 0 Å². The summed E-state index contributed by atoms with van der Waals surface area (Å²) in [6, 6.07) is 7.78. The van der Waals surface area contributed by atoms with Crippen LogP contribution in [0.25, 0.3) is 0 Å². The molecule has 1 aromatic carbocycles. The molecule has 21 heavy (non-hydrogen) atoms. The van der Waals surface area contributed by atoms with E-state index in [1.165, 1.54) is 12.1 Å². The molecule has 1 N–H and O–H groups in total. The van der Waals surface area contributed by atoms with Crippen LogP contribution in [0.3, 0.4) is 0 Å². The monoisotopic (exact) mass is 297 g/mol. The van der Waals surface area contributed by atoms with Crippen molar-refractivity contribution in [3.05, 3.63) is 47.7 Å². The van der Waals surface area contributed by atoms with E-state index in [4.69, 9.17) is 4.74 Å². The maximum absolute atomic E-state index is 12.4. The number of rotatable bonds is 5. The number of alkyl halides is 3. The summed E-state index contributed by atoms with van der Waals surface area (Å²) in [5, 5.41) is 10.9. The van der Waals surface area contributed by atoms with Crippen LogP contribution in [0.5, 0.6) is 11.6 Å². The summed E-state index contributed by atoms with van der Waals surface area (Å²) < 4.78 is 42.6. The van der Waals surface area contributed by atoms with E-state index in [9.17, 15) is 13.2 Å². The standard InChI is InChI=1S/C14H14F3N3O/c1-2-18-9-11-5-8-13(20-19-11)21-12-6-3-10(4-7-12)14(15,16)17/h3-8,18H,2,9H2,1H3. The molecule has 2 aromatic rings. The number of halogens is 3. The largest absolute Gasteiger partial charge is 0.438 e. The van der Waals surface area contributed by atoms with Crippen LogP contribution in [0.4, 0.5) is 13.2 Å². The van der Waals surface area contributed by atoms with Crippen LogP contribution in [0.1, 0.15) is 18.2 Å². The summed E-state index contributed by atoms with van der Waals surface area (Å²) >= 11 is 0. The second-order valence-corrected chi connectivity index (χ2v) is 4.27. The molecule has 0 amide bonds. The first kappa shape index (κ1) is 15.2. The van der Waals surface area contributed by atoms with Crippen LogP contribution in [0, 0.1) is 0 Å². The van der Waals surface area contributed by atoms with E-state index in [2.05, 4.69) is 15.5 Å². The number of aromatic nitrogens is 2. The third kappa shape index (κ3) is 4.42. The quantitative estimate of drug-likeness (QED) is 0.919. The first-order valence-electron chi connectivity index (χ1n) is 6.37. The number of hydrogen-bond donors (Lipinski definition) is 1. The van der Waals surface area contributed by atoms with E-state index in [1.807, 2.05) is 6.92 Å². The van der Waals surface area contributed by atoms with Gasteiger partial charge in [-0.1, -0.05) is 6.92 Å². The van der Waals surface area contributed by atoms with Gasteiger partial charge in [-0.15, -0.1) is 5.10 Å². The van der Waals surface area contributed by atoms with Crippen molar-refractivity contribution < 1.29 is 17.9 Å². The Morgan fingerprint density at radius 1 is 1.05 bits per heavy atom. The van der Waals surface area contributed by atoms with Gasteiger partial charge in [-0.25, -0.2) is 0 Å². The molecule has 0 saturated heterocycles. The molecule has 0 aliphatic heterocycles. The van der Waals surface area contributed by atoms with Crippen LogP contribution in [-0.4, -0.2) is 16.7 Å². The van der Waals surface area contributed by atoms with Crippen molar-refractivity contribution in [3.8, 4) is 11.6 Å². The SMILES string of the molecule is CCNCc1ccc(Oc2ccc(C(F)(F)F)cc2)nn1. The zero-order chi connectivity index (χ0) is 15.3. The van der Waals surface area contributed by atoms with Crippen molar-refractivity contribution in [2.24, 2.45) is 0 Å². The molecule has 1 aromatic heterocycles. The lowest BCUT2D eigenvalue weighted by atomic mass is 10.2. The summed E-state index contributed by atoms with van der Waals surface area (Å²) in [7, 11) is 0. The molecule has 0 radical (unpaired) electrons. The van der Waals surface area contributed by atoms with Crippen molar-refractivity contribution in [3.63, 3.8) is 0 Å². The van der Waals surface area contributed by atoms with E-state index in [0.29, 0.717) is 6.54 Å². The first-order valence-corrected chi connectivity index (χ1v) is 6.37. The summed E-state index contributed by atoms with van der Waals surface area (Å²) in [5.74, 6) is 0.506. The second-order valence-electron chi connectivity index (χ2n) is 4.27. The van der Waals surface area contributed by atoms with E-state index in [-0.39, 0.29) is 11.6 Å². The average Bonchev–Trinajstić information content (AvgIpc) is 2.46. The number of ether oxygens (including phenoxy) is 1. The molecule has 0 unspecified atom stereocenters. The maximum atomic E-state index is 12.4. The number of hydrogen-bond acceptors (Lipinski definition) is 4. The minimum Gasteiger partial charge on any atom is -0.438 e. The molecule has 0 atom stereocenters. The summed E-state index contributed by atoms with van der Waals surface area (Å²) in [6.07, 6.45) is -4.35. The molecule has 0 spiro atoms. The highest BCUT2D eigenvalue weighted by Crippen LogP contribution is 2.31. The van der Waals surface area contributed by atoms with Gasteiger partial charge >= 0.3 is 6.18 Å². The van der Waals surface area contributed by atoms with Crippen molar-refractivity contribution in [2.75, 3.05) is 6.54 Å². The van der Waals surface area contributed by atoms with Gasteiger partial charge in [0, 0.05) is 12.6 Å². The van der Waals surface area contributed by atoms with Crippen molar-refractivity contribution in [1.29, 1.82) is 0 Å². The van der Waals surface area contributed by atoms with Crippen LogP contribution < -0.4 is 10.1 Å². The van der Waals surface area contributed by atoms with Gasteiger partial charge in [-0.2, -0.15) is 18.3 Å². The third-order valence-electron chi connectivity index (χ3n) is 2.66. The summed E-state index contributed by atoms with van der Waals surface area (Å²) in [6.45, 7) is 3.41. The Bertz CT molecular complexity index is 568. The highest BCUT2D eigenvalue weighted by Gasteiger charge is 2.30. The van der Waals surface area contributed by atoms with Crippen LogP contribution in [0.2, 0.25) is 0 Å². The Labute approximate surface area is 120 Å². The lowest BCUT2D eigenvalue weighted by Gasteiger charge is -2.08. The topological polar surface area (TPSA) is 47.0 Å². The molecule has 2 rings (SSSR count). The minimum absolute atomic E-state index is 0.231. The first-order chi connectivity index (χ1) is 9.99. The molecule has 0 aliphatic carbocycles. The Kier molecular flexibility index (Phi) is 4.74. The van der Waals surface area contributed by atoms with Crippen molar-refractivity contribution in [1.82, 2.24) is 15.5 Å². The third-order valence-corrected chi connectivity index (χ3v) is 2.66. The minimum atomic E-state index is -4.35. The predicted octanol–water partition coefficient (Wildman–Crippen LogP) is 3.40. The van der Waals surface area contributed by atoms with Gasteiger partial charge in [0.2, 0.25) is 5.88 Å². The van der Waals surface area contributed by atoms with Crippen molar-refractivity contribution >= 4 is 0 Å². The molecular formula is C14H14F3N3O. The number of nitrogens with one attached hydrogen (secondary N) is 1. The lowest BCUT2D eigenvalue weighted by molar-refractivity contribution is -0.137. The van der Waals surface area contributed by atoms with Crippen LogP contribution in [0.15, 0.2) is 36.4 Å². The number of nitrogens with zero attached hydrogens (tertiary/aromatic N) is 2. The Balaban J connectivity index is 2.01. The van der Waals surface area contributed by atoms with Gasteiger partial charge in [-0.05, 0) is 36.9 Å². The molecule has 1 heterocycles. The Morgan fingerprint density at radius 3 is 2.29 bits per heavy atom. The fourth-order valence-electron chi connectivity index (χ4n) is 1.58. The maximum Gasteiger partial charge on any atom is 0.416 e. The fourth-order valence-corrected chi connectivity index (χ4v) is 1.58. The highest BCUT2D eigenvalue weighted by molar-refractivity contribution is 5.31. The average molecular weight is 297 g/mol. The van der Waals surface area contributed by atoms with Gasteiger partial charge in [0.15, 0.2) is 0 Å². The molecule has 0 bridgehead atoms. The fraction of sp³-hybridized carbons (Fsp3) is 0.286. The van der Waals surface area contributed by atoms with Crippen LogP contribution in [-0.2, 0) is 12.7 Å². The predicted molar refractivity (Wildman–Crippen MR) is 70.9 cm³/mol. The lowest BCUT2D eigenvalue weighted by Crippen LogP contribution is -2.13.